The van der Waals surface area contributed by atoms with Gasteiger partial charge in [-0.15, -0.1) is 13.2 Å². The molecule has 0 unspecified atom stereocenters. The molecule has 1 aromatic rings. The van der Waals surface area contributed by atoms with Crippen molar-refractivity contribution in [2.75, 3.05) is 26.2 Å². The Balaban J connectivity index is 1.82. The number of nitrogens with zero attached hydrogens (tertiary/aromatic N) is 1. The lowest BCUT2D eigenvalue weighted by Gasteiger charge is -2.18. The average Bonchev–Trinajstić information content (AvgIpc) is 2.97. The number of halogens is 3. The van der Waals surface area contributed by atoms with Crippen molar-refractivity contribution in [1.82, 2.24) is 9.62 Å². The molecule has 1 aromatic carbocycles. The zero-order chi connectivity index (χ0) is 16.0. The predicted octanol–water partition coefficient (Wildman–Crippen LogP) is 1.43. The van der Waals surface area contributed by atoms with E-state index in [1.165, 1.54) is 16.4 Å². The number of hydrogen-bond acceptors (Lipinski definition) is 4. The molecule has 0 aliphatic carbocycles. The highest BCUT2D eigenvalue weighted by atomic mass is 32.2. The second kappa shape index (κ2) is 5.39. The molecule has 22 heavy (non-hydrogen) atoms. The fourth-order valence-electron chi connectivity index (χ4n) is 2.99. The minimum Gasteiger partial charge on any atom is -0.406 e. The second-order valence-corrected chi connectivity index (χ2v) is 7.46. The minimum atomic E-state index is -4.85. The lowest BCUT2D eigenvalue weighted by Crippen LogP contribution is -2.32. The van der Waals surface area contributed by atoms with Gasteiger partial charge in [0.15, 0.2) is 0 Å². The number of hydrogen-bond donors (Lipinski definition) is 1. The molecule has 2 aliphatic rings. The average molecular weight is 336 g/mol. The van der Waals surface area contributed by atoms with Gasteiger partial charge < -0.3 is 10.1 Å². The number of ether oxygens (including phenoxy) is 1. The predicted molar refractivity (Wildman–Crippen MR) is 71.7 cm³/mol. The van der Waals surface area contributed by atoms with E-state index in [1.807, 2.05) is 0 Å². The van der Waals surface area contributed by atoms with Gasteiger partial charge in [-0.25, -0.2) is 8.42 Å². The molecule has 1 N–H and O–H groups in total. The fourth-order valence-corrected chi connectivity index (χ4v) is 4.58. The largest absolute Gasteiger partial charge is 0.573 e. The summed E-state index contributed by atoms with van der Waals surface area (Å²) < 4.78 is 66.9. The maximum Gasteiger partial charge on any atom is 0.573 e. The molecule has 0 amide bonds. The highest BCUT2D eigenvalue weighted by molar-refractivity contribution is 7.89. The molecule has 2 heterocycles. The van der Waals surface area contributed by atoms with Crippen molar-refractivity contribution in [1.29, 1.82) is 0 Å². The van der Waals surface area contributed by atoms with Crippen LogP contribution in [0.2, 0.25) is 0 Å². The molecule has 2 saturated heterocycles. The van der Waals surface area contributed by atoms with Crippen LogP contribution in [0.5, 0.6) is 5.75 Å². The van der Waals surface area contributed by atoms with E-state index in [0.717, 1.165) is 25.2 Å². The van der Waals surface area contributed by atoms with Crippen molar-refractivity contribution in [3.8, 4) is 5.75 Å². The van der Waals surface area contributed by atoms with Crippen LogP contribution in [0.25, 0.3) is 0 Å². The van der Waals surface area contributed by atoms with Crippen molar-refractivity contribution in [3.63, 3.8) is 0 Å². The molecule has 3 rings (SSSR count). The van der Waals surface area contributed by atoms with Crippen LogP contribution in [-0.2, 0) is 10.0 Å². The summed E-state index contributed by atoms with van der Waals surface area (Å²) in [5.41, 5.74) is 0. The molecule has 0 aromatic heterocycles. The third kappa shape index (κ3) is 3.06. The number of sulfonamides is 1. The number of benzene rings is 1. The number of fused-ring (bicyclic) bond motifs is 1. The summed E-state index contributed by atoms with van der Waals surface area (Å²) in [6.07, 6.45) is -4.85. The molecule has 122 valence electrons. The van der Waals surface area contributed by atoms with Crippen LogP contribution in [0.1, 0.15) is 0 Å². The Morgan fingerprint density at radius 3 is 2.41 bits per heavy atom. The van der Waals surface area contributed by atoms with E-state index in [-0.39, 0.29) is 16.7 Å². The van der Waals surface area contributed by atoms with Crippen LogP contribution in [-0.4, -0.2) is 45.3 Å². The first kappa shape index (κ1) is 15.6. The first-order valence-corrected chi connectivity index (χ1v) is 8.26. The zero-order valence-electron chi connectivity index (χ0n) is 11.5. The lowest BCUT2D eigenvalue weighted by molar-refractivity contribution is -0.274. The van der Waals surface area contributed by atoms with Gasteiger partial charge in [0.05, 0.1) is 4.90 Å². The minimum absolute atomic E-state index is 0.179. The smallest absolute Gasteiger partial charge is 0.406 e. The third-order valence-electron chi connectivity index (χ3n) is 4.03. The van der Waals surface area contributed by atoms with Gasteiger partial charge in [-0.3, -0.25) is 0 Å². The zero-order valence-corrected chi connectivity index (χ0v) is 12.3. The summed E-state index contributed by atoms with van der Waals surface area (Å²) in [6.45, 7) is 2.33. The molecular weight excluding hydrogens is 321 g/mol. The quantitative estimate of drug-likeness (QED) is 0.907. The summed E-state index contributed by atoms with van der Waals surface area (Å²) in [6, 6.07) is 4.52. The van der Waals surface area contributed by atoms with Gasteiger partial charge in [0.2, 0.25) is 10.0 Å². The highest BCUT2D eigenvalue weighted by Gasteiger charge is 2.41. The van der Waals surface area contributed by atoms with Gasteiger partial charge in [0.25, 0.3) is 0 Å². The maximum atomic E-state index is 12.6. The van der Waals surface area contributed by atoms with Gasteiger partial charge >= 0.3 is 6.36 Å². The van der Waals surface area contributed by atoms with Gasteiger partial charge in [-0.05, 0) is 37.1 Å². The highest BCUT2D eigenvalue weighted by Crippen LogP contribution is 2.32. The Morgan fingerprint density at radius 2 is 1.82 bits per heavy atom. The monoisotopic (exact) mass is 336 g/mol. The summed E-state index contributed by atoms with van der Waals surface area (Å²) in [5.74, 6) is 0.00315. The van der Waals surface area contributed by atoms with Crippen LogP contribution in [0.4, 0.5) is 13.2 Å². The van der Waals surface area contributed by atoms with E-state index in [9.17, 15) is 21.6 Å². The molecule has 0 radical (unpaired) electrons. The molecule has 2 aliphatic heterocycles. The van der Waals surface area contributed by atoms with Crippen molar-refractivity contribution in [2.45, 2.75) is 11.3 Å². The summed E-state index contributed by atoms with van der Waals surface area (Å²) >= 11 is 0. The summed E-state index contributed by atoms with van der Waals surface area (Å²) in [5, 5.41) is 3.20. The Bertz CT molecular complexity index is 651. The normalized spacial score (nSPS) is 26.1. The van der Waals surface area contributed by atoms with Crippen molar-refractivity contribution in [3.05, 3.63) is 24.3 Å². The number of alkyl halides is 3. The molecule has 2 fully saturated rings. The van der Waals surface area contributed by atoms with Gasteiger partial charge in [-0.1, -0.05) is 6.07 Å². The first-order chi connectivity index (χ1) is 10.3. The van der Waals surface area contributed by atoms with Crippen LogP contribution in [0.3, 0.4) is 0 Å². The molecular formula is C13H15F3N2O3S. The fraction of sp³-hybridized carbons (Fsp3) is 0.538. The number of rotatable bonds is 3. The summed E-state index contributed by atoms with van der Waals surface area (Å²) in [7, 11) is -3.80. The second-order valence-electron chi connectivity index (χ2n) is 5.52. The van der Waals surface area contributed by atoms with E-state index >= 15 is 0 Å². The standard InChI is InChI=1S/C13H15F3N2O3S/c14-13(15,16)21-11-2-1-3-12(4-11)22(19,20)18-7-9-5-17-6-10(9)8-18/h1-4,9-10,17H,5-8H2/t9-,10+. The molecule has 2 atom stereocenters. The van der Waals surface area contributed by atoms with E-state index in [4.69, 9.17) is 0 Å². The van der Waals surface area contributed by atoms with E-state index in [1.54, 1.807) is 0 Å². The maximum absolute atomic E-state index is 12.6. The van der Waals surface area contributed by atoms with Crippen LogP contribution in [0.15, 0.2) is 29.2 Å². The third-order valence-corrected chi connectivity index (χ3v) is 5.86. The lowest BCUT2D eigenvalue weighted by atomic mass is 10.0. The van der Waals surface area contributed by atoms with E-state index < -0.39 is 22.1 Å². The van der Waals surface area contributed by atoms with Crippen molar-refractivity contribution < 1.29 is 26.3 Å². The number of nitrogens with one attached hydrogen (secondary N) is 1. The van der Waals surface area contributed by atoms with E-state index in [2.05, 4.69) is 10.1 Å². The van der Waals surface area contributed by atoms with Crippen LogP contribution >= 0.6 is 0 Å². The Morgan fingerprint density at radius 1 is 1.18 bits per heavy atom. The topological polar surface area (TPSA) is 58.6 Å². The molecule has 9 heteroatoms. The molecule has 0 saturated carbocycles. The van der Waals surface area contributed by atoms with Gasteiger partial charge in [-0.2, -0.15) is 4.31 Å². The SMILES string of the molecule is O=S(=O)(c1cccc(OC(F)(F)F)c1)N1C[C@H]2CNC[C@H]2C1. The Hall–Kier alpha value is -1.32. The Labute approximate surface area is 126 Å². The molecule has 0 spiro atoms. The first-order valence-electron chi connectivity index (χ1n) is 6.82. The van der Waals surface area contributed by atoms with Gasteiger partial charge in [0, 0.05) is 19.2 Å². The van der Waals surface area contributed by atoms with Crippen molar-refractivity contribution in [2.24, 2.45) is 11.8 Å². The van der Waals surface area contributed by atoms with E-state index in [0.29, 0.717) is 13.1 Å². The molecule has 0 bridgehead atoms. The van der Waals surface area contributed by atoms with Crippen LogP contribution < -0.4 is 10.1 Å². The molecule has 5 nitrogen and oxygen atoms in total. The van der Waals surface area contributed by atoms with Gasteiger partial charge in [0.1, 0.15) is 5.75 Å². The Kier molecular flexibility index (Phi) is 3.82. The summed E-state index contributed by atoms with van der Waals surface area (Å²) in [4.78, 5) is -0.179. The van der Waals surface area contributed by atoms with Crippen molar-refractivity contribution >= 4 is 10.0 Å². The van der Waals surface area contributed by atoms with Crippen LogP contribution in [0, 0.1) is 11.8 Å².